The molecule has 1 aliphatic carbocycles. The van der Waals surface area contributed by atoms with Crippen molar-refractivity contribution in [3.8, 4) is 0 Å². The molecule has 0 radical (unpaired) electrons. The predicted octanol–water partition coefficient (Wildman–Crippen LogP) is 2.13. The van der Waals surface area contributed by atoms with Crippen LogP contribution in [0, 0.1) is 0 Å². The highest BCUT2D eigenvalue weighted by atomic mass is 16.3. The third-order valence-electron chi connectivity index (χ3n) is 3.95. The van der Waals surface area contributed by atoms with Gasteiger partial charge in [0.05, 0.1) is 12.1 Å². The van der Waals surface area contributed by atoms with Gasteiger partial charge in [0, 0.05) is 6.42 Å². The number of aliphatic hydroxyl groups is 1. The van der Waals surface area contributed by atoms with Crippen LogP contribution < -0.4 is 0 Å². The molecule has 86 valence electrons. The molecule has 2 atom stereocenters. The molecule has 0 unspecified atom stereocenters. The lowest BCUT2D eigenvalue weighted by molar-refractivity contribution is 0.0496. The fourth-order valence-corrected chi connectivity index (χ4v) is 3.19. The van der Waals surface area contributed by atoms with Crippen LogP contribution in [0.1, 0.15) is 36.4 Å². The number of likely N-dealkylation sites (tertiary alicyclic amines) is 1. The summed E-state index contributed by atoms with van der Waals surface area (Å²) in [7, 11) is 0. The van der Waals surface area contributed by atoms with Crippen molar-refractivity contribution in [2.75, 3.05) is 13.1 Å². The molecule has 3 rings (SSSR count). The van der Waals surface area contributed by atoms with E-state index in [9.17, 15) is 5.11 Å². The quantitative estimate of drug-likeness (QED) is 0.779. The van der Waals surface area contributed by atoms with Crippen molar-refractivity contribution in [3.05, 3.63) is 35.4 Å². The molecular weight excluding hydrogens is 198 g/mol. The molecule has 0 aromatic heterocycles. The summed E-state index contributed by atoms with van der Waals surface area (Å²) in [5.74, 6) is 0. The lowest BCUT2D eigenvalue weighted by Crippen LogP contribution is -2.37. The van der Waals surface area contributed by atoms with Crippen LogP contribution in [0.3, 0.4) is 0 Å². The standard InChI is InChI=1S/C14H19NO/c16-13-10-11-6-2-3-7-12(11)14(13)15-8-4-1-5-9-15/h2-3,6-7,13-14,16H,1,4-5,8-10H2/t13-,14-/m1/s1. The number of hydrogen-bond donors (Lipinski definition) is 1. The van der Waals surface area contributed by atoms with Gasteiger partial charge in [0.2, 0.25) is 0 Å². The van der Waals surface area contributed by atoms with E-state index in [1.165, 1.54) is 30.4 Å². The normalized spacial score (nSPS) is 30.3. The van der Waals surface area contributed by atoms with Gasteiger partial charge in [0.1, 0.15) is 0 Å². The Morgan fingerprint density at radius 1 is 1.06 bits per heavy atom. The van der Waals surface area contributed by atoms with Crippen molar-refractivity contribution in [1.29, 1.82) is 0 Å². The summed E-state index contributed by atoms with van der Waals surface area (Å²) < 4.78 is 0. The average molecular weight is 217 g/mol. The van der Waals surface area contributed by atoms with Gasteiger partial charge < -0.3 is 5.11 Å². The maximum Gasteiger partial charge on any atom is 0.0777 e. The molecule has 1 saturated heterocycles. The molecule has 1 aromatic rings. The van der Waals surface area contributed by atoms with Crippen LogP contribution in [0.4, 0.5) is 0 Å². The molecule has 0 bridgehead atoms. The second-order valence-corrected chi connectivity index (χ2v) is 5.01. The van der Waals surface area contributed by atoms with E-state index in [1.54, 1.807) is 0 Å². The number of piperidine rings is 1. The van der Waals surface area contributed by atoms with Crippen molar-refractivity contribution < 1.29 is 5.11 Å². The molecule has 2 aliphatic rings. The SMILES string of the molecule is O[C@@H]1Cc2ccccc2[C@H]1N1CCCCC1. The Labute approximate surface area is 96.9 Å². The molecule has 0 amide bonds. The average Bonchev–Trinajstić information content (AvgIpc) is 2.66. The van der Waals surface area contributed by atoms with Gasteiger partial charge in [-0.3, -0.25) is 4.90 Å². The Balaban J connectivity index is 1.89. The van der Waals surface area contributed by atoms with Crippen molar-refractivity contribution in [2.24, 2.45) is 0 Å². The van der Waals surface area contributed by atoms with Gasteiger partial charge in [-0.25, -0.2) is 0 Å². The molecule has 0 spiro atoms. The molecule has 16 heavy (non-hydrogen) atoms. The first-order chi connectivity index (χ1) is 7.86. The Hall–Kier alpha value is -0.860. The summed E-state index contributed by atoms with van der Waals surface area (Å²) in [6, 6.07) is 8.77. The number of nitrogens with zero attached hydrogens (tertiary/aromatic N) is 1. The second-order valence-electron chi connectivity index (χ2n) is 5.01. The summed E-state index contributed by atoms with van der Waals surface area (Å²) in [4.78, 5) is 2.47. The Bertz CT molecular complexity index is 371. The van der Waals surface area contributed by atoms with Crippen LogP contribution in [0.25, 0.3) is 0 Å². The lowest BCUT2D eigenvalue weighted by atomic mass is 10.0. The summed E-state index contributed by atoms with van der Waals surface area (Å²) in [6.45, 7) is 2.30. The minimum atomic E-state index is -0.199. The number of rotatable bonds is 1. The number of aliphatic hydroxyl groups excluding tert-OH is 1. The zero-order valence-corrected chi connectivity index (χ0v) is 9.60. The van der Waals surface area contributed by atoms with Crippen LogP contribution in [0.5, 0.6) is 0 Å². The van der Waals surface area contributed by atoms with E-state index in [1.807, 2.05) is 0 Å². The van der Waals surface area contributed by atoms with Gasteiger partial charge in [-0.2, -0.15) is 0 Å². The van der Waals surface area contributed by atoms with E-state index in [0.29, 0.717) is 0 Å². The highest BCUT2D eigenvalue weighted by Crippen LogP contribution is 2.37. The van der Waals surface area contributed by atoms with Gasteiger partial charge in [-0.15, -0.1) is 0 Å². The Kier molecular flexibility index (Phi) is 2.70. The fourth-order valence-electron chi connectivity index (χ4n) is 3.19. The molecule has 1 fully saturated rings. The molecule has 0 saturated carbocycles. The maximum atomic E-state index is 10.2. The highest BCUT2D eigenvalue weighted by Gasteiger charge is 2.35. The van der Waals surface area contributed by atoms with Crippen molar-refractivity contribution in [3.63, 3.8) is 0 Å². The minimum Gasteiger partial charge on any atom is -0.391 e. The Morgan fingerprint density at radius 2 is 1.81 bits per heavy atom. The molecule has 1 heterocycles. The topological polar surface area (TPSA) is 23.5 Å². The van der Waals surface area contributed by atoms with Gasteiger partial charge in [-0.1, -0.05) is 30.7 Å². The Morgan fingerprint density at radius 3 is 2.62 bits per heavy atom. The summed E-state index contributed by atoms with van der Waals surface area (Å²) in [5, 5.41) is 10.2. The summed E-state index contributed by atoms with van der Waals surface area (Å²) in [6.07, 6.45) is 4.55. The van der Waals surface area contributed by atoms with E-state index in [4.69, 9.17) is 0 Å². The molecular formula is C14H19NO. The third-order valence-corrected chi connectivity index (χ3v) is 3.95. The van der Waals surface area contributed by atoms with Gasteiger partial charge in [0.25, 0.3) is 0 Å². The fraction of sp³-hybridized carbons (Fsp3) is 0.571. The molecule has 1 aliphatic heterocycles. The monoisotopic (exact) mass is 217 g/mol. The number of hydrogen-bond acceptors (Lipinski definition) is 2. The largest absolute Gasteiger partial charge is 0.391 e. The summed E-state index contributed by atoms with van der Waals surface area (Å²) in [5.41, 5.74) is 2.70. The number of fused-ring (bicyclic) bond motifs is 1. The van der Waals surface area contributed by atoms with Crippen molar-refractivity contribution in [1.82, 2.24) is 4.90 Å². The summed E-state index contributed by atoms with van der Waals surface area (Å²) >= 11 is 0. The zero-order valence-electron chi connectivity index (χ0n) is 9.60. The van der Waals surface area contributed by atoms with Gasteiger partial charge in [0.15, 0.2) is 0 Å². The van der Waals surface area contributed by atoms with Crippen molar-refractivity contribution in [2.45, 2.75) is 37.8 Å². The van der Waals surface area contributed by atoms with Gasteiger partial charge >= 0.3 is 0 Å². The zero-order chi connectivity index (χ0) is 11.0. The van der Waals surface area contributed by atoms with Crippen LogP contribution >= 0.6 is 0 Å². The maximum absolute atomic E-state index is 10.2. The lowest BCUT2D eigenvalue weighted by Gasteiger charge is -2.34. The van der Waals surface area contributed by atoms with E-state index >= 15 is 0 Å². The van der Waals surface area contributed by atoms with E-state index < -0.39 is 0 Å². The highest BCUT2D eigenvalue weighted by molar-refractivity contribution is 5.36. The van der Waals surface area contributed by atoms with E-state index in [0.717, 1.165) is 19.5 Å². The van der Waals surface area contributed by atoms with E-state index in [2.05, 4.69) is 29.2 Å². The third kappa shape index (κ3) is 1.66. The van der Waals surface area contributed by atoms with Crippen LogP contribution in [-0.2, 0) is 6.42 Å². The van der Waals surface area contributed by atoms with Crippen LogP contribution in [-0.4, -0.2) is 29.2 Å². The first kappa shape index (κ1) is 10.3. The molecule has 1 aromatic carbocycles. The second kappa shape index (κ2) is 4.19. The van der Waals surface area contributed by atoms with Gasteiger partial charge in [-0.05, 0) is 37.1 Å². The number of benzene rings is 1. The first-order valence-electron chi connectivity index (χ1n) is 6.36. The van der Waals surface area contributed by atoms with E-state index in [-0.39, 0.29) is 12.1 Å². The smallest absolute Gasteiger partial charge is 0.0777 e. The van der Waals surface area contributed by atoms with Crippen LogP contribution in [0.15, 0.2) is 24.3 Å². The molecule has 1 N–H and O–H groups in total. The first-order valence-corrected chi connectivity index (χ1v) is 6.36. The van der Waals surface area contributed by atoms with Crippen LogP contribution in [0.2, 0.25) is 0 Å². The minimum absolute atomic E-state index is 0.199. The molecule has 2 heteroatoms. The predicted molar refractivity (Wildman–Crippen MR) is 64.3 cm³/mol. The molecule has 2 nitrogen and oxygen atoms in total. The van der Waals surface area contributed by atoms with Crippen molar-refractivity contribution >= 4 is 0 Å².